The molecule has 1 saturated heterocycles. The molecule has 1 heterocycles. The first-order chi connectivity index (χ1) is 10.2. The maximum Gasteiger partial charge on any atom is 0.0991 e. The molecule has 0 bridgehead atoms. The Morgan fingerprint density at radius 2 is 2.10 bits per heavy atom. The molecule has 1 aromatic carbocycles. The molecule has 2 atom stereocenters. The van der Waals surface area contributed by atoms with Gasteiger partial charge in [-0.15, -0.1) is 0 Å². The Balaban J connectivity index is 1.74. The minimum atomic E-state index is -0.485. The van der Waals surface area contributed by atoms with Gasteiger partial charge >= 0.3 is 0 Å². The molecule has 0 amide bonds. The third-order valence-electron chi connectivity index (χ3n) is 5.10. The van der Waals surface area contributed by atoms with E-state index in [2.05, 4.69) is 6.07 Å². The summed E-state index contributed by atoms with van der Waals surface area (Å²) in [6, 6.07) is 9.52. The van der Waals surface area contributed by atoms with E-state index >= 15 is 0 Å². The Hall–Kier alpha value is -1.37. The van der Waals surface area contributed by atoms with Gasteiger partial charge in [-0.05, 0) is 49.3 Å². The van der Waals surface area contributed by atoms with Gasteiger partial charge in [0, 0.05) is 6.61 Å². The first-order valence-electron chi connectivity index (χ1n) is 8.05. The number of rotatable bonds is 2. The number of nitrogens with zero attached hydrogens (tertiary/aromatic N) is 1. The highest BCUT2D eigenvalue weighted by Crippen LogP contribution is 2.44. The molecule has 3 rings (SSSR count). The maximum absolute atomic E-state index is 10.7. The summed E-state index contributed by atoms with van der Waals surface area (Å²) in [5, 5.41) is 19.7. The molecule has 0 radical (unpaired) electrons. The summed E-state index contributed by atoms with van der Waals surface area (Å²) in [6.07, 6.45) is 7.43. The second-order valence-corrected chi connectivity index (χ2v) is 6.53. The zero-order valence-corrected chi connectivity index (χ0v) is 12.4. The van der Waals surface area contributed by atoms with Crippen molar-refractivity contribution in [1.29, 1.82) is 5.26 Å². The second kappa shape index (κ2) is 6.17. The fourth-order valence-corrected chi connectivity index (χ4v) is 3.94. The molecule has 2 unspecified atom stereocenters. The largest absolute Gasteiger partial charge is 0.388 e. The Morgan fingerprint density at radius 3 is 2.86 bits per heavy atom. The van der Waals surface area contributed by atoms with Crippen molar-refractivity contribution in [3.8, 4) is 6.07 Å². The van der Waals surface area contributed by atoms with Crippen LogP contribution in [0.2, 0.25) is 0 Å². The van der Waals surface area contributed by atoms with Gasteiger partial charge in [0.2, 0.25) is 0 Å². The minimum Gasteiger partial charge on any atom is -0.388 e. The third-order valence-corrected chi connectivity index (χ3v) is 5.10. The number of nitriles is 1. The molecule has 112 valence electrons. The molecule has 1 spiro atoms. The SMILES string of the molecule is N#Cc1cccc(C(O)C2CCOC3(CCCCC3)C2)c1. The van der Waals surface area contributed by atoms with E-state index in [1.54, 1.807) is 6.07 Å². The summed E-state index contributed by atoms with van der Waals surface area (Å²) in [5.41, 5.74) is 1.49. The van der Waals surface area contributed by atoms with Crippen molar-refractivity contribution < 1.29 is 9.84 Å². The van der Waals surface area contributed by atoms with Crippen molar-refractivity contribution in [1.82, 2.24) is 0 Å². The second-order valence-electron chi connectivity index (χ2n) is 6.53. The molecule has 3 nitrogen and oxygen atoms in total. The van der Waals surface area contributed by atoms with Gasteiger partial charge in [0.05, 0.1) is 23.3 Å². The lowest BCUT2D eigenvalue weighted by Crippen LogP contribution is -2.42. The lowest BCUT2D eigenvalue weighted by atomic mass is 9.74. The van der Waals surface area contributed by atoms with E-state index in [-0.39, 0.29) is 11.5 Å². The van der Waals surface area contributed by atoms with Gasteiger partial charge in [0.25, 0.3) is 0 Å². The molecule has 2 aliphatic rings. The Bertz CT molecular complexity index is 523. The van der Waals surface area contributed by atoms with Crippen LogP contribution in [0.4, 0.5) is 0 Å². The number of ether oxygens (including phenoxy) is 1. The Kier molecular flexibility index (Phi) is 4.28. The normalized spacial score (nSPS) is 26.2. The molecule has 2 fully saturated rings. The van der Waals surface area contributed by atoms with Crippen molar-refractivity contribution in [2.75, 3.05) is 6.61 Å². The van der Waals surface area contributed by atoms with Crippen LogP contribution in [0.3, 0.4) is 0 Å². The van der Waals surface area contributed by atoms with Crippen molar-refractivity contribution in [3.05, 3.63) is 35.4 Å². The van der Waals surface area contributed by atoms with Crippen LogP contribution in [0.25, 0.3) is 0 Å². The zero-order valence-electron chi connectivity index (χ0n) is 12.4. The minimum absolute atomic E-state index is 0.00891. The molecular formula is C18H23NO2. The summed E-state index contributed by atoms with van der Waals surface area (Å²) in [5.74, 6) is 0.241. The first-order valence-corrected chi connectivity index (χ1v) is 8.05. The van der Waals surface area contributed by atoms with E-state index in [0.717, 1.165) is 37.9 Å². The van der Waals surface area contributed by atoms with Crippen LogP contribution in [0.5, 0.6) is 0 Å². The molecule has 1 saturated carbocycles. The van der Waals surface area contributed by atoms with Gasteiger partial charge in [-0.25, -0.2) is 0 Å². The van der Waals surface area contributed by atoms with Crippen LogP contribution >= 0.6 is 0 Å². The van der Waals surface area contributed by atoms with Gasteiger partial charge in [-0.2, -0.15) is 5.26 Å². The van der Waals surface area contributed by atoms with Gasteiger partial charge in [0.1, 0.15) is 0 Å². The van der Waals surface area contributed by atoms with Crippen molar-refractivity contribution in [2.24, 2.45) is 5.92 Å². The summed E-state index contributed by atoms with van der Waals surface area (Å²) in [4.78, 5) is 0. The molecule has 1 aliphatic carbocycles. The van der Waals surface area contributed by atoms with Gasteiger partial charge in [0.15, 0.2) is 0 Å². The van der Waals surface area contributed by atoms with Crippen LogP contribution in [-0.4, -0.2) is 17.3 Å². The highest BCUT2D eigenvalue weighted by molar-refractivity contribution is 5.34. The van der Waals surface area contributed by atoms with E-state index < -0.39 is 6.10 Å². The van der Waals surface area contributed by atoms with Crippen LogP contribution in [-0.2, 0) is 4.74 Å². The molecule has 3 heteroatoms. The quantitative estimate of drug-likeness (QED) is 0.901. The fourth-order valence-electron chi connectivity index (χ4n) is 3.94. The average Bonchev–Trinajstić information content (AvgIpc) is 2.55. The van der Waals surface area contributed by atoms with E-state index in [4.69, 9.17) is 10.00 Å². The van der Waals surface area contributed by atoms with E-state index in [1.807, 2.05) is 18.2 Å². The molecule has 1 aromatic rings. The Labute approximate surface area is 126 Å². The molecule has 21 heavy (non-hydrogen) atoms. The molecule has 1 aliphatic heterocycles. The summed E-state index contributed by atoms with van der Waals surface area (Å²) >= 11 is 0. The van der Waals surface area contributed by atoms with Crippen LogP contribution in [0.1, 0.15) is 62.2 Å². The standard InChI is InChI=1S/C18H23NO2/c19-13-14-5-4-6-15(11-14)17(20)16-7-10-21-18(12-16)8-2-1-3-9-18/h4-6,11,16-17,20H,1-3,7-10,12H2. The number of hydrogen-bond acceptors (Lipinski definition) is 3. The summed E-state index contributed by atoms with van der Waals surface area (Å²) in [6.45, 7) is 0.750. The average molecular weight is 285 g/mol. The van der Waals surface area contributed by atoms with Crippen molar-refractivity contribution >= 4 is 0 Å². The third kappa shape index (κ3) is 3.12. The Morgan fingerprint density at radius 1 is 1.29 bits per heavy atom. The lowest BCUT2D eigenvalue weighted by molar-refractivity contribution is -0.134. The number of benzene rings is 1. The van der Waals surface area contributed by atoms with E-state index in [1.165, 1.54) is 19.3 Å². The molecular weight excluding hydrogens is 262 g/mol. The monoisotopic (exact) mass is 285 g/mol. The zero-order chi connectivity index (χ0) is 14.7. The summed E-state index contributed by atoms with van der Waals surface area (Å²) in [7, 11) is 0. The molecule has 1 N–H and O–H groups in total. The molecule has 0 aromatic heterocycles. The van der Waals surface area contributed by atoms with Crippen molar-refractivity contribution in [2.45, 2.75) is 56.7 Å². The number of aliphatic hydroxyl groups excluding tert-OH is 1. The predicted molar refractivity (Wildman–Crippen MR) is 80.6 cm³/mol. The van der Waals surface area contributed by atoms with E-state index in [9.17, 15) is 5.11 Å². The number of aliphatic hydroxyl groups is 1. The number of hydrogen-bond donors (Lipinski definition) is 1. The predicted octanol–water partition coefficient (Wildman–Crippen LogP) is 3.72. The lowest BCUT2D eigenvalue weighted by Gasteiger charge is -2.44. The summed E-state index contributed by atoms with van der Waals surface area (Å²) < 4.78 is 6.10. The van der Waals surface area contributed by atoms with Crippen molar-refractivity contribution in [3.63, 3.8) is 0 Å². The van der Waals surface area contributed by atoms with Gasteiger partial charge in [-0.3, -0.25) is 0 Å². The fraction of sp³-hybridized carbons (Fsp3) is 0.611. The highest BCUT2D eigenvalue weighted by Gasteiger charge is 2.40. The smallest absolute Gasteiger partial charge is 0.0991 e. The van der Waals surface area contributed by atoms with Gasteiger partial charge < -0.3 is 9.84 Å². The van der Waals surface area contributed by atoms with E-state index in [0.29, 0.717) is 5.56 Å². The van der Waals surface area contributed by atoms with Crippen LogP contribution < -0.4 is 0 Å². The maximum atomic E-state index is 10.7. The highest BCUT2D eigenvalue weighted by atomic mass is 16.5. The van der Waals surface area contributed by atoms with Crippen LogP contribution in [0.15, 0.2) is 24.3 Å². The van der Waals surface area contributed by atoms with Gasteiger partial charge in [-0.1, -0.05) is 31.4 Å². The van der Waals surface area contributed by atoms with Crippen LogP contribution in [0, 0.1) is 17.2 Å². The first kappa shape index (κ1) is 14.6. The topological polar surface area (TPSA) is 53.2 Å².